The van der Waals surface area contributed by atoms with Gasteiger partial charge in [-0.05, 0) is 50.6 Å². The molecule has 1 atom stereocenters. The molecule has 0 spiro atoms. The molecule has 0 saturated heterocycles. The first-order valence-corrected chi connectivity index (χ1v) is 11.4. The number of ether oxygens (including phenoxy) is 3. The predicted octanol–water partition coefficient (Wildman–Crippen LogP) is 4.13. The van der Waals surface area contributed by atoms with E-state index in [0.29, 0.717) is 45.3 Å². The summed E-state index contributed by atoms with van der Waals surface area (Å²) >= 11 is 0. The van der Waals surface area contributed by atoms with Crippen LogP contribution in [0.25, 0.3) is 5.69 Å². The Morgan fingerprint density at radius 1 is 1.09 bits per heavy atom. The second kappa shape index (κ2) is 12.5. The Bertz CT molecular complexity index is 990. The highest BCUT2D eigenvalue weighted by Crippen LogP contribution is 2.32. The zero-order valence-electron chi connectivity index (χ0n) is 20.0. The van der Waals surface area contributed by atoms with E-state index in [1.807, 2.05) is 80.1 Å². The molecular formula is C26H35N3O4. The van der Waals surface area contributed by atoms with E-state index < -0.39 is 6.10 Å². The van der Waals surface area contributed by atoms with E-state index in [-0.39, 0.29) is 0 Å². The van der Waals surface area contributed by atoms with Gasteiger partial charge in [0.25, 0.3) is 0 Å². The molecule has 0 aliphatic rings. The van der Waals surface area contributed by atoms with Crippen molar-refractivity contribution in [2.24, 2.45) is 0 Å². The van der Waals surface area contributed by atoms with Gasteiger partial charge in [0, 0.05) is 33.4 Å². The maximum Gasteiger partial charge on any atom is 0.227 e. The number of hydrogen-bond donors (Lipinski definition) is 1. The smallest absolute Gasteiger partial charge is 0.227 e. The van der Waals surface area contributed by atoms with E-state index in [2.05, 4.69) is 4.90 Å². The molecule has 0 aliphatic carbocycles. The SMILES string of the molecule is CCOC[C@@H](O)CN(CCOC)Cc1c(C)nn(-c2ccccc2)c1Oc1cccc(C)c1. The Morgan fingerprint density at radius 3 is 2.58 bits per heavy atom. The molecule has 178 valence electrons. The van der Waals surface area contributed by atoms with Crippen LogP contribution in [-0.2, 0) is 16.0 Å². The number of rotatable bonds is 13. The number of para-hydroxylation sites is 1. The highest BCUT2D eigenvalue weighted by molar-refractivity contribution is 5.43. The average molecular weight is 454 g/mol. The van der Waals surface area contributed by atoms with Gasteiger partial charge in [0.2, 0.25) is 5.88 Å². The van der Waals surface area contributed by atoms with Crippen LogP contribution in [0.3, 0.4) is 0 Å². The third-order valence-electron chi connectivity index (χ3n) is 5.32. The fourth-order valence-corrected chi connectivity index (χ4v) is 3.64. The molecule has 0 fully saturated rings. The monoisotopic (exact) mass is 453 g/mol. The third kappa shape index (κ3) is 7.14. The van der Waals surface area contributed by atoms with E-state index in [4.69, 9.17) is 19.3 Å². The Morgan fingerprint density at radius 2 is 1.88 bits per heavy atom. The number of methoxy groups -OCH3 is 1. The number of aryl methyl sites for hydroxylation is 2. The Labute approximate surface area is 196 Å². The highest BCUT2D eigenvalue weighted by atomic mass is 16.5. The van der Waals surface area contributed by atoms with Crippen LogP contribution in [0.4, 0.5) is 0 Å². The molecule has 1 heterocycles. The lowest BCUT2D eigenvalue weighted by Crippen LogP contribution is -2.36. The zero-order chi connectivity index (χ0) is 23.6. The third-order valence-corrected chi connectivity index (χ3v) is 5.32. The van der Waals surface area contributed by atoms with Crippen molar-refractivity contribution in [3.05, 3.63) is 71.4 Å². The van der Waals surface area contributed by atoms with Crippen LogP contribution in [-0.4, -0.2) is 65.9 Å². The molecule has 0 amide bonds. The van der Waals surface area contributed by atoms with Gasteiger partial charge in [-0.3, -0.25) is 4.90 Å². The van der Waals surface area contributed by atoms with Crippen molar-refractivity contribution in [2.75, 3.05) is 40.0 Å². The zero-order valence-corrected chi connectivity index (χ0v) is 20.0. The van der Waals surface area contributed by atoms with Gasteiger partial charge < -0.3 is 19.3 Å². The largest absolute Gasteiger partial charge is 0.439 e. The summed E-state index contributed by atoms with van der Waals surface area (Å²) in [6.07, 6.45) is -0.590. The first kappa shape index (κ1) is 24.9. The van der Waals surface area contributed by atoms with Crippen molar-refractivity contribution in [1.82, 2.24) is 14.7 Å². The summed E-state index contributed by atoms with van der Waals surface area (Å²) in [6, 6.07) is 17.9. The van der Waals surface area contributed by atoms with Gasteiger partial charge in [-0.2, -0.15) is 5.10 Å². The van der Waals surface area contributed by atoms with Crippen LogP contribution in [0.15, 0.2) is 54.6 Å². The van der Waals surface area contributed by atoms with E-state index in [0.717, 1.165) is 28.3 Å². The van der Waals surface area contributed by atoms with Crippen LogP contribution >= 0.6 is 0 Å². The quantitative estimate of drug-likeness (QED) is 0.420. The highest BCUT2D eigenvalue weighted by Gasteiger charge is 2.22. The molecule has 0 saturated carbocycles. The van der Waals surface area contributed by atoms with Crippen molar-refractivity contribution in [1.29, 1.82) is 0 Å². The number of aliphatic hydroxyl groups is 1. The lowest BCUT2D eigenvalue weighted by molar-refractivity contribution is 0.0147. The van der Waals surface area contributed by atoms with E-state index >= 15 is 0 Å². The molecule has 0 bridgehead atoms. The number of benzene rings is 2. The van der Waals surface area contributed by atoms with E-state index in [1.165, 1.54) is 0 Å². The maximum absolute atomic E-state index is 10.5. The molecule has 3 aromatic rings. The van der Waals surface area contributed by atoms with Crippen molar-refractivity contribution < 1.29 is 19.3 Å². The minimum Gasteiger partial charge on any atom is -0.439 e. The van der Waals surface area contributed by atoms with Crippen molar-refractivity contribution >= 4 is 0 Å². The first-order chi connectivity index (χ1) is 16.0. The minimum absolute atomic E-state index is 0.300. The molecule has 3 rings (SSSR count). The lowest BCUT2D eigenvalue weighted by atomic mass is 10.2. The molecule has 1 aromatic heterocycles. The van der Waals surface area contributed by atoms with Crippen molar-refractivity contribution in [3.63, 3.8) is 0 Å². The predicted molar refractivity (Wildman–Crippen MR) is 129 cm³/mol. The van der Waals surface area contributed by atoms with E-state index in [9.17, 15) is 5.11 Å². The average Bonchev–Trinajstić information content (AvgIpc) is 3.11. The molecule has 2 aromatic carbocycles. The fourth-order valence-electron chi connectivity index (χ4n) is 3.64. The summed E-state index contributed by atoms with van der Waals surface area (Å²) < 4.78 is 19.0. The summed E-state index contributed by atoms with van der Waals surface area (Å²) in [4.78, 5) is 2.15. The normalized spacial score (nSPS) is 12.3. The van der Waals surface area contributed by atoms with Crippen LogP contribution in [0.1, 0.15) is 23.7 Å². The topological polar surface area (TPSA) is 69.0 Å². The first-order valence-electron chi connectivity index (χ1n) is 11.4. The van der Waals surface area contributed by atoms with Gasteiger partial charge >= 0.3 is 0 Å². The van der Waals surface area contributed by atoms with Crippen molar-refractivity contribution in [2.45, 2.75) is 33.4 Å². The van der Waals surface area contributed by atoms with E-state index in [1.54, 1.807) is 7.11 Å². The minimum atomic E-state index is -0.590. The molecule has 7 nitrogen and oxygen atoms in total. The molecule has 0 unspecified atom stereocenters. The Hall–Kier alpha value is -2.71. The molecule has 7 heteroatoms. The van der Waals surface area contributed by atoms with Crippen LogP contribution < -0.4 is 4.74 Å². The van der Waals surface area contributed by atoms with Gasteiger partial charge in [0.1, 0.15) is 5.75 Å². The summed E-state index contributed by atoms with van der Waals surface area (Å²) in [5.41, 5.74) is 3.90. The second-order valence-electron chi connectivity index (χ2n) is 8.08. The maximum atomic E-state index is 10.5. The molecule has 0 aliphatic heterocycles. The van der Waals surface area contributed by atoms with Crippen LogP contribution in [0.5, 0.6) is 11.6 Å². The van der Waals surface area contributed by atoms with Gasteiger partial charge in [-0.25, -0.2) is 4.68 Å². The standard InChI is InChI=1S/C26H35N3O4/c1-5-32-19-23(30)17-28(14-15-31-4)18-25-21(3)27-29(22-11-7-6-8-12-22)26(25)33-24-13-9-10-20(2)16-24/h6-13,16,23,30H,5,14-15,17-19H2,1-4H3/t23-/m0/s1. The summed E-state index contributed by atoms with van der Waals surface area (Å²) in [5.74, 6) is 1.43. The number of nitrogens with zero attached hydrogens (tertiary/aromatic N) is 3. The summed E-state index contributed by atoms with van der Waals surface area (Å²) in [6.45, 7) is 9.08. The Kier molecular flexibility index (Phi) is 9.45. The second-order valence-corrected chi connectivity index (χ2v) is 8.08. The summed E-state index contributed by atoms with van der Waals surface area (Å²) in [5, 5.41) is 15.3. The van der Waals surface area contributed by atoms with Gasteiger partial charge in [0.15, 0.2) is 0 Å². The number of aliphatic hydroxyl groups excluding tert-OH is 1. The molecular weight excluding hydrogens is 418 g/mol. The van der Waals surface area contributed by atoms with Crippen molar-refractivity contribution in [3.8, 4) is 17.3 Å². The van der Waals surface area contributed by atoms with Gasteiger partial charge in [-0.1, -0.05) is 30.3 Å². The molecule has 33 heavy (non-hydrogen) atoms. The van der Waals surface area contributed by atoms with Crippen LogP contribution in [0.2, 0.25) is 0 Å². The van der Waals surface area contributed by atoms with Crippen LogP contribution in [0, 0.1) is 13.8 Å². The number of aromatic nitrogens is 2. The lowest BCUT2D eigenvalue weighted by Gasteiger charge is -2.25. The summed E-state index contributed by atoms with van der Waals surface area (Å²) in [7, 11) is 1.68. The Balaban J connectivity index is 1.95. The number of hydrogen-bond acceptors (Lipinski definition) is 6. The molecule has 0 radical (unpaired) electrons. The van der Waals surface area contributed by atoms with Gasteiger partial charge in [0.05, 0.1) is 36.3 Å². The fraction of sp³-hybridized carbons (Fsp3) is 0.423. The molecule has 1 N–H and O–H groups in total. The van der Waals surface area contributed by atoms with Gasteiger partial charge in [-0.15, -0.1) is 0 Å².